The van der Waals surface area contributed by atoms with Crippen molar-refractivity contribution >= 4 is 29.1 Å². The number of para-hydroxylation sites is 1. The molecule has 0 aromatic heterocycles. The Kier molecular flexibility index (Phi) is 7.15. The maximum Gasteiger partial charge on any atom is 0.239 e. The average Bonchev–Trinajstić information content (AvgIpc) is 2.73. The Morgan fingerprint density at radius 3 is 2.31 bits per heavy atom. The Labute approximate surface area is 177 Å². The molecule has 0 saturated carbocycles. The fourth-order valence-corrected chi connectivity index (χ4v) is 3.89. The zero-order chi connectivity index (χ0) is 20.8. The third kappa shape index (κ3) is 5.73. The van der Waals surface area contributed by atoms with Crippen LogP contribution in [0.1, 0.15) is 38.3 Å². The molecule has 0 radical (unpaired) electrons. The SMILES string of the molecule is CC(=O)N1CCC(NC(=O)CN(c2ccccc2)[C@@H](C)c2ccc(Cl)cc2)CC1. The summed E-state index contributed by atoms with van der Waals surface area (Å²) >= 11 is 6.03. The van der Waals surface area contributed by atoms with Crippen LogP contribution in [0.5, 0.6) is 0 Å². The number of nitrogens with zero attached hydrogens (tertiary/aromatic N) is 2. The molecular weight excluding hydrogens is 386 g/mol. The maximum absolute atomic E-state index is 12.8. The Morgan fingerprint density at radius 2 is 1.72 bits per heavy atom. The van der Waals surface area contributed by atoms with Gasteiger partial charge in [0.25, 0.3) is 0 Å². The summed E-state index contributed by atoms with van der Waals surface area (Å²) in [7, 11) is 0. The number of carbonyl (C=O) groups is 2. The van der Waals surface area contributed by atoms with Gasteiger partial charge in [-0.25, -0.2) is 0 Å². The lowest BCUT2D eigenvalue weighted by molar-refractivity contribution is -0.130. The first kappa shape index (κ1) is 21.2. The summed E-state index contributed by atoms with van der Waals surface area (Å²) in [5, 5.41) is 3.85. The summed E-state index contributed by atoms with van der Waals surface area (Å²) in [4.78, 5) is 28.3. The summed E-state index contributed by atoms with van der Waals surface area (Å²) in [6, 6.07) is 17.8. The van der Waals surface area contributed by atoms with Gasteiger partial charge >= 0.3 is 0 Å². The van der Waals surface area contributed by atoms with E-state index in [4.69, 9.17) is 11.6 Å². The fraction of sp³-hybridized carbons (Fsp3) is 0.391. The van der Waals surface area contributed by atoms with Crippen LogP contribution < -0.4 is 10.2 Å². The van der Waals surface area contributed by atoms with Crippen LogP contribution in [0.25, 0.3) is 0 Å². The zero-order valence-corrected chi connectivity index (χ0v) is 17.7. The molecule has 2 aromatic rings. The molecule has 1 aliphatic heterocycles. The molecular formula is C23H28ClN3O2. The maximum atomic E-state index is 12.8. The van der Waals surface area contributed by atoms with E-state index in [0.29, 0.717) is 18.1 Å². The van der Waals surface area contributed by atoms with Gasteiger partial charge in [-0.1, -0.05) is 41.9 Å². The quantitative estimate of drug-likeness (QED) is 0.777. The van der Waals surface area contributed by atoms with Crippen LogP contribution in [-0.2, 0) is 9.59 Å². The van der Waals surface area contributed by atoms with Crippen LogP contribution >= 0.6 is 11.6 Å². The number of likely N-dealkylation sites (tertiary alicyclic amines) is 1. The Hall–Kier alpha value is -2.53. The van der Waals surface area contributed by atoms with Gasteiger partial charge < -0.3 is 15.1 Å². The van der Waals surface area contributed by atoms with Crippen molar-refractivity contribution in [1.82, 2.24) is 10.2 Å². The van der Waals surface area contributed by atoms with E-state index in [1.54, 1.807) is 6.92 Å². The van der Waals surface area contributed by atoms with Crippen molar-refractivity contribution in [3.8, 4) is 0 Å². The highest BCUT2D eigenvalue weighted by molar-refractivity contribution is 6.30. The molecule has 1 atom stereocenters. The summed E-state index contributed by atoms with van der Waals surface area (Å²) in [6.07, 6.45) is 1.59. The number of rotatable bonds is 6. The summed E-state index contributed by atoms with van der Waals surface area (Å²) in [6.45, 7) is 5.35. The molecule has 2 aromatic carbocycles. The highest BCUT2D eigenvalue weighted by Gasteiger charge is 2.24. The van der Waals surface area contributed by atoms with Gasteiger partial charge in [0.05, 0.1) is 12.6 Å². The van der Waals surface area contributed by atoms with Crippen LogP contribution in [0.15, 0.2) is 54.6 Å². The van der Waals surface area contributed by atoms with Crippen molar-refractivity contribution in [1.29, 1.82) is 0 Å². The number of piperidine rings is 1. The van der Waals surface area contributed by atoms with Crippen molar-refractivity contribution in [3.05, 3.63) is 65.2 Å². The van der Waals surface area contributed by atoms with Gasteiger partial charge in [-0.3, -0.25) is 9.59 Å². The van der Waals surface area contributed by atoms with Crippen molar-refractivity contribution < 1.29 is 9.59 Å². The van der Waals surface area contributed by atoms with Crippen LogP contribution in [-0.4, -0.2) is 42.4 Å². The van der Waals surface area contributed by atoms with E-state index in [1.807, 2.05) is 59.5 Å². The molecule has 0 bridgehead atoms. The minimum absolute atomic E-state index is 0.00376. The highest BCUT2D eigenvalue weighted by atomic mass is 35.5. The largest absolute Gasteiger partial charge is 0.355 e. The molecule has 0 spiro atoms. The van der Waals surface area contributed by atoms with E-state index in [2.05, 4.69) is 17.1 Å². The molecule has 154 valence electrons. The van der Waals surface area contributed by atoms with Gasteiger partial charge in [0.1, 0.15) is 0 Å². The smallest absolute Gasteiger partial charge is 0.239 e. The molecule has 1 N–H and O–H groups in total. The van der Waals surface area contributed by atoms with Gasteiger partial charge in [0.15, 0.2) is 0 Å². The normalized spacial score (nSPS) is 15.6. The highest BCUT2D eigenvalue weighted by Crippen LogP contribution is 2.27. The van der Waals surface area contributed by atoms with Crippen molar-refractivity contribution in [2.24, 2.45) is 0 Å². The summed E-state index contributed by atoms with van der Waals surface area (Å²) in [5.74, 6) is 0.0951. The van der Waals surface area contributed by atoms with E-state index in [1.165, 1.54) is 0 Å². The lowest BCUT2D eigenvalue weighted by Crippen LogP contribution is -2.48. The third-order valence-corrected chi connectivity index (χ3v) is 5.78. The minimum Gasteiger partial charge on any atom is -0.355 e. The fourth-order valence-electron chi connectivity index (χ4n) is 3.76. The number of hydrogen-bond donors (Lipinski definition) is 1. The first-order chi connectivity index (χ1) is 13.9. The van der Waals surface area contributed by atoms with Gasteiger partial charge in [0.2, 0.25) is 11.8 Å². The average molecular weight is 414 g/mol. The van der Waals surface area contributed by atoms with Crippen molar-refractivity contribution in [3.63, 3.8) is 0 Å². The van der Waals surface area contributed by atoms with E-state index < -0.39 is 0 Å². The molecule has 29 heavy (non-hydrogen) atoms. The Bertz CT molecular complexity index is 818. The second-order valence-electron chi connectivity index (χ2n) is 7.54. The number of hydrogen-bond acceptors (Lipinski definition) is 3. The van der Waals surface area contributed by atoms with E-state index in [-0.39, 0.29) is 30.4 Å². The molecule has 1 saturated heterocycles. The van der Waals surface area contributed by atoms with Gasteiger partial charge in [-0.15, -0.1) is 0 Å². The third-order valence-electron chi connectivity index (χ3n) is 5.53. The van der Waals surface area contributed by atoms with Crippen molar-refractivity contribution in [2.45, 2.75) is 38.8 Å². The standard InChI is InChI=1S/C23H28ClN3O2/c1-17(19-8-10-20(24)11-9-19)27(22-6-4-3-5-7-22)16-23(29)25-21-12-14-26(15-13-21)18(2)28/h3-11,17,21H,12-16H2,1-2H3,(H,25,29)/t17-/m0/s1. The second kappa shape index (κ2) is 9.79. The topological polar surface area (TPSA) is 52.7 Å². The van der Waals surface area contributed by atoms with Crippen LogP contribution in [0, 0.1) is 0 Å². The molecule has 0 unspecified atom stereocenters. The van der Waals surface area contributed by atoms with Gasteiger partial charge in [-0.05, 0) is 49.6 Å². The van der Waals surface area contributed by atoms with Crippen LogP contribution in [0.3, 0.4) is 0 Å². The predicted octanol–water partition coefficient (Wildman–Crippen LogP) is 4.03. The molecule has 3 rings (SSSR count). The summed E-state index contributed by atoms with van der Waals surface area (Å²) < 4.78 is 0. The molecule has 5 nitrogen and oxygen atoms in total. The number of carbonyl (C=O) groups excluding carboxylic acids is 2. The molecule has 6 heteroatoms. The number of benzene rings is 2. The number of anilines is 1. The number of halogens is 1. The van der Waals surface area contributed by atoms with Crippen molar-refractivity contribution in [2.75, 3.05) is 24.5 Å². The van der Waals surface area contributed by atoms with Gasteiger partial charge in [0, 0.05) is 36.8 Å². The molecule has 1 fully saturated rings. The first-order valence-electron chi connectivity index (χ1n) is 10.1. The second-order valence-corrected chi connectivity index (χ2v) is 7.98. The Morgan fingerprint density at radius 1 is 1.10 bits per heavy atom. The van der Waals surface area contributed by atoms with Crippen LogP contribution in [0.4, 0.5) is 5.69 Å². The summed E-state index contributed by atoms with van der Waals surface area (Å²) in [5.41, 5.74) is 2.09. The first-order valence-corrected chi connectivity index (χ1v) is 10.4. The van der Waals surface area contributed by atoms with Gasteiger partial charge in [-0.2, -0.15) is 0 Å². The zero-order valence-electron chi connectivity index (χ0n) is 17.0. The van der Waals surface area contributed by atoms with E-state index in [9.17, 15) is 9.59 Å². The van der Waals surface area contributed by atoms with Crippen LogP contribution in [0.2, 0.25) is 5.02 Å². The molecule has 0 aliphatic carbocycles. The van der Waals surface area contributed by atoms with E-state index in [0.717, 1.165) is 24.1 Å². The lowest BCUT2D eigenvalue weighted by atomic mass is 10.0. The molecule has 1 heterocycles. The minimum atomic E-state index is -0.00376. The molecule has 2 amide bonds. The predicted molar refractivity (Wildman–Crippen MR) is 117 cm³/mol. The number of nitrogens with one attached hydrogen (secondary N) is 1. The monoisotopic (exact) mass is 413 g/mol. The number of amides is 2. The van der Waals surface area contributed by atoms with E-state index >= 15 is 0 Å². The molecule has 1 aliphatic rings. The lowest BCUT2D eigenvalue weighted by Gasteiger charge is -2.34. The Balaban J connectivity index is 1.68.